The Morgan fingerprint density at radius 3 is 2.57 bits per heavy atom. The van der Waals surface area contributed by atoms with Gasteiger partial charge >= 0.3 is 0 Å². The van der Waals surface area contributed by atoms with Crippen LogP contribution in [0.15, 0.2) is 18.2 Å². The largest absolute Gasteiger partial charge is 0.493 e. The van der Waals surface area contributed by atoms with Gasteiger partial charge in [0.1, 0.15) is 5.75 Å². The molecule has 2 rings (SSSR count). The lowest BCUT2D eigenvalue weighted by atomic mass is 9.85. The molecular formula is C18H30N2O. The molecule has 0 atom stereocenters. The van der Waals surface area contributed by atoms with E-state index in [2.05, 4.69) is 56.1 Å². The number of piperazine rings is 1. The van der Waals surface area contributed by atoms with Gasteiger partial charge in [-0.05, 0) is 30.4 Å². The minimum atomic E-state index is 0.125. The van der Waals surface area contributed by atoms with E-state index in [4.69, 9.17) is 4.74 Å². The molecule has 0 spiro atoms. The summed E-state index contributed by atoms with van der Waals surface area (Å²) in [7, 11) is 0. The maximum Gasteiger partial charge on any atom is 0.123 e. The minimum absolute atomic E-state index is 0.125. The van der Waals surface area contributed by atoms with Crippen LogP contribution in [0, 0.1) is 6.92 Å². The lowest BCUT2D eigenvalue weighted by molar-refractivity contribution is 0.212. The molecule has 0 saturated carbocycles. The Hall–Kier alpha value is -1.06. The van der Waals surface area contributed by atoms with Crippen LogP contribution in [-0.2, 0) is 5.41 Å². The Balaban J connectivity index is 1.85. The van der Waals surface area contributed by atoms with Crippen molar-refractivity contribution in [3.63, 3.8) is 0 Å². The first-order valence-corrected chi connectivity index (χ1v) is 8.14. The van der Waals surface area contributed by atoms with E-state index in [1.807, 2.05) is 0 Å². The first-order valence-electron chi connectivity index (χ1n) is 8.14. The third kappa shape index (κ3) is 5.01. The molecule has 0 bridgehead atoms. The molecule has 1 saturated heterocycles. The van der Waals surface area contributed by atoms with E-state index in [-0.39, 0.29) is 5.41 Å². The Labute approximate surface area is 129 Å². The van der Waals surface area contributed by atoms with Gasteiger partial charge < -0.3 is 15.0 Å². The predicted octanol–water partition coefficient (Wildman–Crippen LogP) is 2.97. The zero-order valence-electron chi connectivity index (χ0n) is 14.0. The molecule has 21 heavy (non-hydrogen) atoms. The van der Waals surface area contributed by atoms with Gasteiger partial charge in [-0.15, -0.1) is 0 Å². The molecule has 0 unspecified atom stereocenters. The highest BCUT2D eigenvalue weighted by molar-refractivity contribution is 5.41. The number of ether oxygens (including phenoxy) is 1. The lowest BCUT2D eigenvalue weighted by Crippen LogP contribution is -2.44. The molecule has 0 radical (unpaired) electrons. The fraction of sp³-hybridized carbons (Fsp3) is 0.667. The molecule has 1 N–H and O–H groups in total. The molecule has 1 aliphatic rings. The summed E-state index contributed by atoms with van der Waals surface area (Å²) in [5.41, 5.74) is 2.73. The standard InChI is InChI=1S/C18H30N2O/c1-15-6-7-17(16(14-15)18(2,3)4)21-13-5-10-20-11-8-19-9-12-20/h6-7,14,19H,5,8-13H2,1-4H3. The number of hydrogen-bond donors (Lipinski definition) is 1. The molecule has 0 amide bonds. The highest BCUT2D eigenvalue weighted by atomic mass is 16.5. The van der Waals surface area contributed by atoms with Crippen LogP contribution in [0.4, 0.5) is 0 Å². The fourth-order valence-electron chi connectivity index (χ4n) is 2.76. The SMILES string of the molecule is Cc1ccc(OCCCN2CCNCC2)c(C(C)(C)C)c1. The number of nitrogens with zero attached hydrogens (tertiary/aromatic N) is 1. The molecule has 0 aromatic heterocycles. The van der Waals surface area contributed by atoms with Crippen molar-refractivity contribution in [1.29, 1.82) is 0 Å². The number of aryl methyl sites for hydroxylation is 1. The minimum Gasteiger partial charge on any atom is -0.493 e. The third-order valence-corrected chi connectivity index (χ3v) is 4.03. The van der Waals surface area contributed by atoms with Crippen molar-refractivity contribution in [2.24, 2.45) is 0 Å². The van der Waals surface area contributed by atoms with Crippen molar-refractivity contribution in [2.75, 3.05) is 39.3 Å². The van der Waals surface area contributed by atoms with Crippen LogP contribution in [0.5, 0.6) is 5.75 Å². The highest BCUT2D eigenvalue weighted by Crippen LogP contribution is 2.32. The molecule has 1 aromatic carbocycles. The summed E-state index contributed by atoms with van der Waals surface area (Å²) in [6.07, 6.45) is 1.09. The van der Waals surface area contributed by atoms with Gasteiger partial charge in [-0.2, -0.15) is 0 Å². The molecule has 118 valence electrons. The van der Waals surface area contributed by atoms with Gasteiger partial charge in [0.05, 0.1) is 6.61 Å². The van der Waals surface area contributed by atoms with Crippen molar-refractivity contribution in [3.05, 3.63) is 29.3 Å². The maximum atomic E-state index is 6.07. The van der Waals surface area contributed by atoms with Crippen LogP contribution in [0.3, 0.4) is 0 Å². The molecular weight excluding hydrogens is 260 g/mol. The number of hydrogen-bond acceptors (Lipinski definition) is 3. The predicted molar refractivity (Wildman–Crippen MR) is 89.3 cm³/mol. The van der Waals surface area contributed by atoms with Crippen LogP contribution >= 0.6 is 0 Å². The second kappa shape index (κ2) is 7.28. The highest BCUT2D eigenvalue weighted by Gasteiger charge is 2.19. The lowest BCUT2D eigenvalue weighted by Gasteiger charge is -2.27. The van der Waals surface area contributed by atoms with Crippen LogP contribution in [0.1, 0.15) is 38.3 Å². The van der Waals surface area contributed by atoms with E-state index in [1.54, 1.807) is 0 Å². The first-order chi connectivity index (χ1) is 9.97. The smallest absolute Gasteiger partial charge is 0.123 e. The summed E-state index contributed by atoms with van der Waals surface area (Å²) in [5, 5.41) is 3.39. The van der Waals surface area contributed by atoms with Gasteiger partial charge in [0, 0.05) is 32.7 Å². The molecule has 3 nitrogen and oxygen atoms in total. The average molecular weight is 290 g/mol. The van der Waals surface area contributed by atoms with Gasteiger partial charge in [-0.1, -0.05) is 38.5 Å². The second-order valence-corrected chi connectivity index (χ2v) is 7.04. The second-order valence-electron chi connectivity index (χ2n) is 7.04. The van der Waals surface area contributed by atoms with Gasteiger partial charge in [0.25, 0.3) is 0 Å². The van der Waals surface area contributed by atoms with Gasteiger partial charge in [-0.3, -0.25) is 0 Å². The van der Waals surface area contributed by atoms with Crippen molar-refractivity contribution >= 4 is 0 Å². The zero-order chi connectivity index (χ0) is 15.3. The Morgan fingerprint density at radius 1 is 1.19 bits per heavy atom. The molecule has 1 aromatic rings. The number of nitrogens with one attached hydrogen (secondary N) is 1. The maximum absolute atomic E-state index is 6.07. The summed E-state index contributed by atoms with van der Waals surface area (Å²) in [6.45, 7) is 15.4. The molecule has 1 fully saturated rings. The summed E-state index contributed by atoms with van der Waals surface area (Å²) < 4.78 is 6.07. The molecule has 3 heteroatoms. The first kappa shape index (κ1) is 16.3. The molecule has 1 aliphatic heterocycles. The normalized spacial score (nSPS) is 17.0. The Kier molecular flexibility index (Phi) is 5.65. The van der Waals surface area contributed by atoms with Crippen LogP contribution < -0.4 is 10.1 Å². The van der Waals surface area contributed by atoms with E-state index >= 15 is 0 Å². The van der Waals surface area contributed by atoms with Gasteiger partial charge in [0.2, 0.25) is 0 Å². The van der Waals surface area contributed by atoms with Crippen molar-refractivity contribution in [2.45, 2.75) is 39.5 Å². The molecule has 0 aliphatic carbocycles. The monoisotopic (exact) mass is 290 g/mol. The van der Waals surface area contributed by atoms with E-state index in [9.17, 15) is 0 Å². The quantitative estimate of drug-likeness (QED) is 0.844. The topological polar surface area (TPSA) is 24.5 Å². The van der Waals surface area contributed by atoms with E-state index in [0.29, 0.717) is 0 Å². The van der Waals surface area contributed by atoms with Crippen molar-refractivity contribution < 1.29 is 4.74 Å². The van der Waals surface area contributed by atoms with Crippen molar-refractivity contribution in [1.82, 2.24) is 10.2 Å². The van der Waals surface area contributed by atoms with E-state index < -0.39 is 0 Å². The van der Waals surface area contributed by atoms with Crippen molar-refractivity contribution in [3.8, 4) is 5.75 Å². The molecule has 1 heterocycles. The summed E-state index contributed by atoms with van der Waals surface area (Å²) in [4.78, 5) is 2.51. The van der Waals surface area contributed by atoms with Gasteiger partial charge in [0.15, 0.2) is 0 Å². The fourth-order valence-corrected chi connectivity index (χ4v) is 2.76. The summed E-state index contributed by atoms with van der Waals surface area (Å²) in [6, 6.07) is 6.52. The van der Waals surface area contributed by atoms with E-state index in [1.165, 1.54) is 11.1 Å². The van der Waals surface area contributed by atoms with Crippen LogP contribution in [-0.4, -0.2) is 44.2 Å². The average Bonchev–Trinajstić information content (AvgIpc) is 2.45. The third-order valence-electron chi connectivity index (χ3n) is 4.03. The van der Waals surface area contributed by atoms with Crippen LogP contribution in [0.25, 0.3) is 0 Å². The summed E-state index contributed by atoms with van der Waals surface area (Å²) in [5.74, 6) is 1.05. The Morgan fingerprint density at radius 2 is 1.90 bits per heavy atom. The van der Waals surface area contributed by atoms with Crippen LogP contribution in [0.2, 0.25) is 0 Å². The number of rotatable bonds is 5. The Bertz CT molecular complexity index is 445. The summed E-state index contributed by atoms with van der Waals surface area (Å²) >= 11 is 0. The van der Waals surface area contributed by atoms with E-state index in [0.717, 1.165) is 51.5 Å². The van der Waals surface area contributed by atoms with Gasteiger partial charge in [-0.25, -0.2) is 0 Å². The zero-order valence-corrected chi connectivity index (χ0v) is 14.0. The number of benzene rings is 1.